The largest absolute Gasteiger partial charge is 0.456 e. The fourth-order valence-electron chi connectivity index (χ4n) is 8.89. The van der Waals surface area contributed by atoms with Gasteiger partial charge in [0.15, 0.2) is 0 Å². The highest BCUT2D eigenvalue weighted by atomic mass is 16.3. The van der Waals surface area contributed by atoms with Crippen molar-refractivity contribution in [3.8, 4) is 33.6 Å². The van der Waals surface area contributed by atoms with Crippen LogP contribution in [0.1, 0.15) is 0 Å². The van der Waals surface area contributed by atoms with Crippen molar-refractivity contribution in [2.45, 2.75) is 0 Å². The molecule has 256 valence electrons. The monoisotopic (exact) mass is 700 g/mol. The first kappa shape index (κ1) is 30.1. The summed E-state index contributed by atoms with van der Waals surface area (Å²) in [6, 6.07) is 70.5. The van der Waals surface area contributed by atoms with Crippen molar-refractivity contribution < 1.29 is 4.42 Å². The van der Waals surface area contributed by atoms with E-state index < -0.39 is 0 Å². The lowest BCUT2D eigenvalue weighted by molar-refractivity contribution is 0.669. The van der Waals surface area contributed by atoms with Gasteiger partial charge in [0.1, 0.15) is 11.2 Å². The molecule has 0 amide bonds. The molecular formula is C52H32N2O. The van der Waals surface area contributed by atoms with E-state index in [4.69, 9.17) is 4.42 Å². The number of aromatic nitrogens is 2. The molecule has 3 heteroatoms. The molecule has 0 fully saturated rings. The van der Waals surface area contributed by atoms with Crippen LogP contribution in [0.5, 0.6) is 0 Å². The van der Waals surface area contributed by atoms with Crippen LogP contribution in [-0.2, 0) is 0 Å². The number of fused-ring (bicyclic) bond motifs is 10. The van der Waals surface area contributed by atoms with E-state index in [0.29, 0.717) is 0 Å². The molecule has 0 radical (unpaired) electrons. The number of hydrogen-bond acceptors (Lipinski definition) is 1. The lowest BCUT2D eigenvalue weighted by Gasteiger charge is -2.10. The first-order valence-corrected chi connectivity index (χ1v) is 18.8. The predicted molar refractivity (Wildman–Crippen MR) is 231 cm³/mol. The molecule has 55 heavy (non-hydrogen) atoms. The molecule has 9 aromatic carbocycles. The fourth-order valence-corrected chi connectivity index (χ4v) is 8.89. The van der Waals surface area contributed by atoms with Gasteiger partial charge in [-0.25, -0.2) is 0 Å². The molecular weight excluding hydrogens is 669 g/mol. The summed E-state index contributed by atoms with van der Waals surface area (Å²) >= 11 is 0. The van der Waals surface area contributed by atoms with Crippen molar-refractivity contribution in [3.63, 3.8) is 0 Å². The maximum atomic E-state index is 6.18. The zero-order valence-corrected chi connectivity index (χ0v) is 29.8. The number of benzene rings is 9. The number of furan rings is 1. The number of rotatable bonds is 4. The van der Waals surface area contributed by atoms with Crippen LogP contribution in [0, 0.1) is 0 Å². The zero-order valence-electron chi connectivity index (χ0n) is 29.8. The molecule has 0 unspecified atom stereocenters. The van der Waals surface area contributed by atoms with Crippen molar-refractivity contribution in [1.82, 2.24) is 9.13 Å². The second-order valence-corrected chi connectivity index (χ2v) is 14.6. The van der Waals surface area contributed by atoms with Crippen molar-refractivity contribution in [3.05, 3.63) is 194 Å². The Morgan fingerprint density at radius 3 is 1.47 bits per heavy atom. The van der Waals surface area contributed by atoms with Crippen LogP contribution in [0.4, 0.5) is 0 Å². The molecule has 0 atom stereocenters. The topological polar surface area (TPSA) is 23.0 Å². The Labute approximate surface area is 316 Å². The minimum absolute atomic E-state index is 0.910. The summed E-state index contributed by atoms with van der Waals surface area (Å²) in [6.45, 7) is 0. The second kappa shape index (κ2) is 11.6. The first-order valence-electron chi connectivity index (χ1n) is 18.8. The van der Waals surface area contributed by atoms with Gasteiger partial charge < -0.3 is 13.6 Å². The molecule has 0 aliphatic heterocycles. The highest BCUT2D eigenvalue weighted by Gasteiger charge is 2.18. The van der Waals surface area contributed by atoms with Crippen molar-refractivity contribution >= 4 is 76.3 Å². The first-order chi connectivity index (χ1) is 27.2. The zero-order chi connectivity index (χ0) is 36.0. The van der Waals surface area contributed by atoms with Crippen molar-refractivity contribution in [2.75, 3.05) is 0 Å². The van der Waals surface area contributed by atoms with E-state index in [0.717, 1.165) is 27.6 Å². The van der Waals surface area contributed by atoms with Crippen molar-refractivity contribution in [2.24, 2.45) is 0 Å². The molecule has 0 bridgehead atoms. The molecule has 0 saturated carbocycles. The summed E-state index contributed by atoms with van der Waals surface area (Å²) < 4.78 is 11.0. The summed E-state index contributed by atoms with van der Waals surface area (Å²) in [4.78, 5) is 0. The van der Waals surface area contributed by atoms with Gasteiger partial charge in [-0.3, -0.25) is 0 Å². The molecule has 3 heterocycles. The molecule has 3 aromatic heterocycles. The number of hydrogen-bond donors (Lipinski definition) is 0. The third-order valence-corrected chi connectivity index (χ3v) is 11.5. The standard InChI is InChI=1S/C52H32N2O/c1-2-12-39(13-3-1)53-47-16-8-6-14-41(47)43-29-35(19-24-48(43)53)36-20-25-49-44(30-36)45-31-37(38-22-27-52-46(32-38)42-15-7-9-17-51(42)55-52)21-26-50(45)54(49)40-23-18-33-10-4-5-11-34(33)28-40/h1-32H. The Bertz CT molecular complexity index is 3490. The van der Waals surface area contributed by atoms with Crippen LogP contribution < -0.4 is 0 Å². The molecule has 12 aromatic rings. The third-order valence-electron chi connectivity index (χ3n) is 11.5. The molecule has 0 saturated heterocycles. The Kier molecular flexibility index (Phi) is 6.34. The molecule has 0 N–H and O–H groups in total. The molecule has 0 spiro atoms. The Balaban J connectivity index is 1.08. The average molecular weight is 701 g/mol. The molecule has 3 nitrogen and oxygen atoms in total. The van der Waals surface area contributed by atoms with Gasteiger partial charge in [0, 0.05) is 43.7 Å². The summed E-state index contributed by atoms with van der Waals surface area (Å²) in [6.07, 6.45) is 0. The van der Waals surface area contributed by atoms with E-state index in [1.165, 1.54) is 82.3 Å². The normalized spacial score (nSPS) is 12.0. The molecule has 0 aliphatic rings. The smallest absolute Gasteiger partial charge is 0.135 e. The SMILES string of the molecule is c1ccc(-n2c3ccccc3c3cc(-c4ccc5c(c4)c4cc(-c6ccc7oc8ccccc8c7c6)ccc4n5-c4ccc5ccccc5c4)ccc32)cc1. The molecule has 12 rings (SSSR count). The van der Waals surface area contributed by atoms with E-state index >= 15 is 0 Å². The number of para-hydroxylation sites is 3. The van der Waals surface area contributed by atoms with E-state index in [1.54, 1.807) is 0 Å². The highest BCUT2D eigenvalue weighted by Crippen LogP contribution is 2.40. The van der Waals surface area contributed by atoms with Gasteiger partial charge in [0.05, 0.1) is 22.1 Å². The number of nitrogens with zero attached hydrogens (tertiary/aromatic N) is 2. The van der Waals surface area contributed by atoms with Gasteiger partial charge in [-0.15, -0.1) is 0 Å². The minimum atomic E-state index is 0.910. The molecule has 0 aliphatic carbocycles. The average Bonchev–Trinajstić information content (AvgIpc) is 3.90. The summed E-state index contributed by atoms with van der Waals surface area (Å²) in [5, 5.41) is 9.70. The Morgan fingerprint density at radius 1 is 0.273 bits per heavy atom. The van der Waals surface area contributed by atoms with Crippen LogP contribution in [0.3, 0.4) is 0 Å². The van der Waals surface area contributed by atoms with E-state index in [2.05, 4.69) is 191 Å². The third kappa shape index (κ3) is 4.57. The van der Waals surface area contributed by atoms with Crippen LogP contribution in [0.2, 0.25) is 0 Å². The van der Waals surface area contributed by atoms with Gasteiger partial charge in [0.25, 0.3) is 0 Å². The van der Waals surface area contributed by atoms with Gasteiger partial charge in [-0.2, -0.15) is 0 Å². The van der Waals surface area contributed by atoms with Crippen LogP contribution >= 0.6 is 0 Å². The Hall–Kier alpha value is -7.36. The minimum Gasteiger partial charge on any atom is -0.456 e. The maximum Gasteiger partial charge on any atom is 0.135 e. The quantitative estimate of drug-likeness (QED) is 0.179. The van der Waals surface area contributed by atoms with Crippen LogP contribution in [0.15, 0.2) is 199 Å². The van der Waals surface area contributed by atoms with Crippen molar-refractivity contribution in [1.29, 1.82) is 0 Å². The highest BCUT2D eigenvalue weighted by molar-refractivity contribution is 6.14. The summed E-state index contributed by atoms with van der Waals surface area (Å²) in [5.41, 5.74) is 13.7. The van der Waals surface area contributed by atoms with Crippen LogP contribution in [0.25, 0.3) is 110 Å². The van der Waals surface area contributed by atoms with E-state index in [-0.39, 0.29) is 0 Å². The van der Waals surface area contributed by atoms with Gasteiger partial charge in [-0.1, -0.05) is 109 Å². The van der Waals surface area contributed by atoms with E-state index in [1.807, 2.05) is 12.1 Å². The lowest BCUT2D eigenvalue weighted by atomic mass is 9.98. The maximum absolute atomic E-state index is 6.18. The fraction of sp³-hybridized carbons (Fsp3) is 0. The van der Waals surface area contributed by atoms with E-state index in [9.17, 15) is 0 Å². The van der Waals surface area contributed by atoms with Gasteiger partial charge in [0.2, 0.25) is 0 Å². The second-order valence-electron chi connectivity index (χ2n) is 14.6. The summed E-state index contributed by atoms with van der Waals surface area (Å²) in [5.74, 6) is 0. The lowest BCUT2D eigenvalue weighted by Crippen LogP contribution is -1.94. The Morgan fingerprint density at radius 2 is 0.764 bits per heavy atom. The summed E-state index contributed by atoms with van der Waals surface area (Å²) in [7, 11) is 0. The predicted octanol–water partition coefficient (Wildman–Crippen LogP) is 14.3. The van der Waals surface area contributed by atoms with Crippen LogP contribution in [-0.4, -0.2) is 9.13 Å². The van der Waals surface area contributed by atoms with Gasteiger partial charge >= 0.3 is 0 Å². The van der Waals surface area contributed by atoms with Gasteiger partial charge in [-0.05, 0) is 118 Å².